The Bertz CT molecular complexity index is 217. The summed E-state index contributed by atoms with van der Waals surface area (Å²) in [5.74, 6) is 0.0170. The van der Waals surface area contributed by atoms with Crippen LogP contribution in [0.25, 0.3) is 0 Å². The number of ether oxygens (including phenoxy) is 1. The highest BCUT2D eigenvalue weighted by Gasteiger charge is 2.36. The van der Waals surface area contributed by atoms with E-state index in [-0.39, 0.29) is 18.6 Å². The standard InChI is InChI=1S/C11H20O4/c1-3-4-10-7(2)8(13)5-11(15-10)9(14)6-12/h3-4,7-14H,5-6H2,1-2H3/b4-3+/t7-,8+,9-,10-,11-/m1/s1. The fourth-order valence-electron chi connectivity index (χ4n) is 1.83. The third kappa shape index (κ3) is 3.01. The summed E-state index contributed by atoms with van der Waals surface area (Å²) in [6.07, 6.45) is 2.02. The van der Waals surface area contributed by atoms with Gasteiger partial charge in [-0.05, 0) is 6.92 Å². The molecule has 0 amide bonds. The Labute approximate surface area is 90.2 Å². The van der Waals surface area contributed by atoms with Gasteiger partial charge in [-0.1, -0.05) is 19.1 Å². The molecule has 0 spiro atoms. The molecule has 0 saturated carbocycles. The van der Waals surface area contributed by atoms with Crippen LogP contribution in [0.2, 0.25) is 0 Å². The predicted octanol–water partition coefficient (Wildman–Crippen LogP) is 0.0702. The maximum absolute atomic E-state index is 9.78. The molecular formula is C11H20O4. The minimum Gasteiger partial charge on any atom is -0.394 e. The molecule has 3 N–H and O–H groups in total. The summed E-state index contributed by atoms with van der Waals surface area (Å²) in [7, 11) is 0. The molecule has 1 fully saturated rings. The first-order valence-electron chi connectivity index (χ1n) is 5.35. The Hall–Kier alpha value is -0.420. The van der Waals surface area contributed by atoms with E-state index in [0.717, 1.165) is 0 Å². The van der Waals surface area contributed by atoms with Gasteiger partial charge in [-0.2, -0.15) is 0 Å². The molecule has 1 aliphatic rings. The Morgan fingerprint density at radius 2 is 2.20 bits per heavy atom. The van der Waals surface area contributed by atoms with E-state index in [1.165, 1.54) is 0 Å². The van der Waals surface area contributed by atoms with Gasteiger partial charge in [-0.3, -0.25) is 0 Å². The Morgan fingerprint density at radius 1 is 1.53 bits per heavy atom. The summed E-state index contributed by atoms with van der Waals surface area (Å²) in [5, 5.41) is 28.1. The summed E-state index contributed by atoms with van der Waals surface area (Å²) < 4.78 is 5.61. The van der Waals surface area contributed by atoms with Crippen molar-refractivity contribution in [1.82, 2.24) is 0 Å². The fourth-order valence-corrected chi connectivity index (χ4v) is 1.83. The van der Waals surface area contributed by atoms with E-state index in [1.54, 1.807) is 0 Å². The highest BCUT2D eigenvalue weighted by Crippen LogP contribution is 2.27. The van der Waals surface area contributed by atoms with Gasteiger partial charge in [0.2, 0.25) is 0 Å². The van der Waals surface area contributed by atoms with Gasteiger partial charge >= 0.3 is 0 Å². The van der Waals surface area contributed by atoms with Crippen LogP contribution in [0.4, 0.5) is 0 Å². The van der Waals surface area contributed by atoms with Gasteiger partial charge in [0.1, 0.15) is 6.10 Å². The first-order valence-corrected chi connectivity index (χ1v) is 5.35. The lowest BCUT2D eigenvalue weighted by Gasteiger charge is -2.38. The van der Waals surface area contributed by atoms with Crippen LogP contribution in [-0.2, 0) is 4.74 Å². The fraction of sp³-hybridized carbons (Fsp3) is 0.818. The molecule has 88 valence electrons. The molecule has 0 bridgehead atoms. The van der Waals surface area contributed by atoms with Gasteiger partial charge in [0.15, 0.2) is 0 Å². The predicted molar refractivity (Wildman–Crippen MR) is 56.4 cm³/mol. The summed E-state index contributed by atoms with van der Waals surface area (Å²) >= 11 is 0. The van der Waals surface area contributed by atoms with Crippen LogP contribution in [0.3, 0.4) is 0 Å². The second-order valence-electron chi connectivity index (χ2n) is 4.08. The maximum Gasteiger partial charge on any atom is 0.103 e. The first kappa shape index (κ1) is 12.6. The normalized spacial score (nSPS) is 39.5. The summed E-state index contributed by atoms with van der Waals surface area (Å²) in [5.41, 5.74) is 0. The molecule has 1 saturated heterocycles. The zero-order chi connectivity index (χ0) is 11.4. The second-order valence-corrected chi connectivity index (χ2v) is 4.08. The van der Waals surface area contributed by atoms with E-state index in [9.17, 15) is 10.2 Å². The van der Waals surface area contributed by atoms with E-state index in [4.69, 9.17) is 9.84 Å². The molecule has 0 aromatic carbocycles. The van der Waals surface area contributed by atoms with Gasteiger partial charge in [0.25, 0.3) is 0 Å². The van der Waals surface area contributed by atoms with Crippen molar-refractivity contribution in [3.63, 3.8) is 0 Å². The lowest BCUT2D eigenvalue weighted by Crippen LogP contribution is -2.47. The number of rotatable bonds is 3. The van der Waals surface area contributed by atoms with Gasteiger partial charge in [-0.15, -0.1) is 0 Å². The molecule has 0 aromatic heterocycles. The van der Waals surface area contributed by atoms with Crippen molar-refractivity contribution < 1.29 is 20.1 Å². The molecule has 1 heterocycles. The monoisotopic (exact) mass is 216 g/mol. The van der Waals surface area contributed by atoms with Crippen LogP contribution in [0.5, 0.6) is 0 Å². The van der Waals surface area contributed by atoms with Crippen LogP contribution in [0.1, 0.15) is 20.3 Å². The smallest absolute Gasteiger partial charge is 0.103 e. The van der Waals surface area contributed by atoms with Crippen molar-refractivity contribution in [1.29, 1.82) is 0 Å². The van der Waals surface area contributed by atoms with Crippen LogP contribution in [-0.4, -0.2) is 46.3 Å². The molecule has 0 aliphatic carbocycles. The third-order valence-electron chi connectivity index (χ3n) is 2.93. The molecule has 0 aromatic rings. The van der Waals surface area contributed by atoms with Gasteiger partial charge in [0, 0.05) is 12.3 Å². The van der Waals surface area contributed by atoms with Crippen molar-refractivity contribution in [2.75, 3.05) is 6.61 Å². The average Bonchev–Trinajstić information content (AvgIpc) is 2.23. The molecule has 1 rings (SSSR count). The topological polar surface area (TPSA) is 69.9 Å². The zero-order valence-corrected chi connectivity index (χ0v) is 9.21. The Kier molecular flexibility index (Phi) is 4.73. The number of hydrogen-bond donors (Lipinski definition) is 3. The minimum absolute atomic E-state index is 0.0170. The molecule has 0 unspecified atom stereocenters. The quantitative estimate of drug-likeness (QED) is 0.584. The highest BCUT2D eigenvalue weighted by molar-refractivity contribution is 4.97. The summed E-state index contributed by atoms with van der Waals surface area (Å²) in [6.45, 7) is 3.46. The van der Waals surface area contributed by atoms with Crippen molar-refractivity contribution in [2.45, 2.75) is 44.7 Å². The molecule has 4 nitrogen and oxygen atoms in total. The number of allylic oxidation sites excluding steroid dienone is 1. The van der Waals surface area contributed by atoms with Gasteiger partial charge in [0.05, 0.1) is 24.9 Å². The highest BCUT2D eigenvalue weighted by atomic mass is 16.5. The summed E-state index contributed by atoms with van der Waals surface area (Å²) in [6, 6.07) is 0. The third-order valence-corrected chi connectivity index (χ3v) is 2.93. The SMILES string of the molecule is C/C=C/[C@H]1O[C@@H]([C@H](O)CO)C[C@H](O)[C@H]1C. The zero-order valence-electron chi connectivity index (χ0n) is 9.21. The van der Waals surface area contributed by atoms with E-state index < -0.39 is 18.3 Å². The second kappa shape index (κ2) is 5.61. The van der Waals surface area contributed by atoms with E-state index in [1.807, 2.05) is 26.0 Å². The van der Waals surface area contributed by atoms with Gasteiger partial charge < -0.3 is 20.1 Å². The molecule has 4 heteroatoms. The largest absolute Gasteiger partial charge is 0.394 e. The van der Waals surface area contributed by atoms with Crippen LogP contribution in [0.15, 0.2) is 12.2 Å². The van der Waals surface area contributed by atoms with E-state index in [2.05, 4.69) is 0 Å². The number of hydrogen-bond acceptors (Lipinski definition) is 4. The van der Waals surface area contributed by atoms with Gasteiger partial charge in [-0.25, -0.2) is 0 Å². The van der Waals surface area contributed by atoms with Crippen LogP contribution >= 0.6 is 0 Å². The van der Waals surface area contributed by atoms with Crippen LogP contribution in [0, 0.1) is 5.92 Å². The molecule has 15 heavy (non-hydrogen) atoms. The number of aliphatic hydroxyl groups is 3. The Morgan fingerprint density at radius 3 is 2.73 bits per heavy atom. The van der Waals surface area contributed by atoms with Crippen LogP contribution < -0.4 is 0 Å². The van der Waals surface area contributed by atoms with E-state index >= 15 is 0 Å². The molecule has 1 aliphatic heterocycles. The van der Waals surface area contributed by atoms with Crippen molar-refractivity contribution >= 4 is 0 Å². The average molecular weight is 216 g/mol. The molecular weight excluding hydrogens is 196 g/mol. The number of aliphatic hydroxyl groups excluding tert-OH is 3. The minimum atomic E-state index is -0.917. The lowest BCUT2D eigenvalue weighted by molar-refractivity contribution is -0.155. The Balaban J connectivity index is 2.66. The first-order chi connectivity index (χ1) is 7.10. The summed E-state index contributed by atoms with van der Waals surface area (Å²) in [4.78, 5) is 0. The van der Waals surface area contributed by atoms with E-state index in [0.29, 0.717) is 6.42 Å². The van der Waals surface area contributed by atoms with Crippen molar-refractivity contribution in [3.05, 3.63) is 12.2 Å². The van der Waals surface area contributed by atoms with Crippen molar-refractivity contribution in [2.24, 2.45) is 5.92 Å². The lowest BCUT2D eigenvalue weighted by atomic mass is 9.88. The molecule has 5 atom stereocenters. The maximum atomic E-state index is 9.78. The van der Waals surface area contributed by atoms with Crippen molar-refractivity contribution in [3.8, 4) is 0 Å². The molecule has 0 radical (unpaired) electrons.